The van der Waals surface area contributed by atoms with Gasteiger partial charge in [0.25, 0.3) is 5.91 Å². The molecule has 146 valence electrons. The van der Waals surface area contributed by atoms with Crippen LogP contribution in [0.25, 0.3) is 11.4 Å². The zero-order valence-corrected chi connectivity index (χ0v) is 18.1. The molecular weight excluding hydrogens is 442 g/mol. The Labute approximate surface area is 177 Å². The van der Waals surface area contributed by atoms with Crippen molar-refractivity contribution in [1.29, 1.82) is 0 Å². The molecule has 0 aliphatic rings. The smallest absolute Gasteiger partial charge is 0.255 e. The van der Waals surface area contributed by atoms with E-state index in [0.717, 1.165) is 10.0 Å². The van der Waals surface area contributed by atoms with Gasteiger partial charge in [-0.05, 0) is 42.3 Å². The molecule has 0 N–H and O–H groups in total. The average molecular weight is 463 g/mol. The molecule has 1 aromatic heterocycles. The molecule has 0 aliphatic heterocycles. The fourth-order valence-corrected chi connectivity index (χ4v) is 3.31. The highest BCUT2D eigenvalue weighted by molar-refractivity contribution is 9.10. The largest absolute Gasteiger partial charge is 0.339 e. The zero-order chi connectivity index (χ0) is 20.1. The van der Waals surface area contributed by atoms with Crippen LogP contribution in [0.4, 0.5) is 0 Å². The van der Waals surface area contributed by atoms with Crippen LogP contribution in [0.1, 0.15) is 30.1 Å². The summed E-state index contributed by atoms with van der Waals surface area (Å²) in [6.07, 6.45) is 0.479. The first kappa shape index (κ1) is 20.6. The van der Waals surface area contributed by atoms with Gasteiger partial charge >= 0.3 is 0 Å². The predicted molar refractivity (Wildman–Crippen MR) is 113 cm³/mol. The molecule has 0 radical (unpaired) electrons. The van der Waals surface area contributed by atoms with Gasteiger partial charge in [-0.2, -0.15) is 4.98 Å². The van der Waals surface area contributed by atoms with Crippen molar-refractivity contribution in [3.05, 3.63) is 69.5 Å². The first-order valence-corrected chi connectivity index (χ1v) is 10.2. The number of hydrogen-bond acceptors (Lipinski definition) is 4. The zero-order valence-electron chi connectivity index (χ0n) is 15.7. The monoisotopic (exact) mass is 461 g/mol. The minimum atomic E-state index is -0.0908. The highest BCUT2D eigenvalue weighted by Gasteiger charge is 2.20. The Hall–Kier alpha value is -2.18. The van der Waals surface area contributed by atoms with Crippen molar-refractivity contribution in [1.82, 2.24) is 15.0 Å². The Morgan fingerprint density at radius 2 is 1.89 bits per heavy atom. The maximum Gasteiger partial charge on any atom is 0.255 e. The third-order valence-corrected chi connectivity index (χ3v) is 5.00. The van der Waals surface area contributed by atoms with Crippen LogP contribution in [-0.2, 0) is 6.42 Å². The van der Waals surface area contributed by atoms with Crippen molar-refractivity contribution < 1.29 is 9.32 Å². The van der Waals surface area contributed by atoms with Gasteiger partial charge in [0, 0.05) is 29.5 Å². The van der Waals surface area contributed by atoms with Gasteiger partial charge in [-0.1, -0.05) is 58.7 Å². The Balaban J connectivity index is 1.71. The van der Waals surface area contributed by atoms with Gasteiger partial charge in [0.05, 0.1) is 10.6 Å². The molecule has 28 heavy (non-hydrogen) atoms. The van der Waals surface area contributed by atoms with E-state index in [2.05, 4.69) is 39.9 Å². The Morgan fingerprint density at radius 3 is 2.57 bits per heavy atom. The summed E-state index contributed by atoms with van der Waals surface area (Å²) < 4.78 is 6.37. The molecule has 0 spiro atoms. The maximum absolute atomic E-state index is 13.0. The standard InChI is InChI=1S/C21H21BrClN3O2/c1-14(2)13-26(21(27)17-5-3-4-6-18(17)23)12-11-19-24-20(25-28-19)15-7-9-16(22)10-8-15/h3-10,14H,11-13H2,1-2H3. The van der Waals surface area contributed by atoms with Crippen molar-refractivity contribution in [2.24, 2.45) is 5.92 Å². The van der Waals surface area contributed by atoms with Gasteiger partial charge in [-0.15, -0.1) is 0 Å². The number of halogens is 2. The fourth-order valence-electron chi connectivity index (χ4n) is 2.82. The quantitative estimate of drug-likeness (QED) is 0.465. The van der Waals surface area contributed by atoms with Crippen molar-refractivity contribution in [3.8, 4) is 11.4 Å². The van der Waals surface area contributed by atoms with E-state index in [1.54, 1.807) is 17.0 Å². The van der Waals surface area contributed by atoms with Crippen LogP contribution in [-0.4, -0.2) is 34.0 Å². The van der Waals surface area contributed by atoms with Crippen LogP contribution in [0.5, 0.6) is 0 Å². The topological polar surface area (TPSA) is 59.2 Å². The SMILES string of the molecule is CC(C)CN(CCc1nc(-c2ccc(Br)cc2)no1)C(=O)c1ccccc1Cl. The van der Waals surface area contributed by atoms with E-state index < -0.39 is 0 Å². The summed E-state index contributed by atoms with van der Waals surface area (Å²) in [5.74, 6) is 1.27. The molecule has 0 unspecified atom stereocenters. The van der Waals surface area contributed by atoms with Crippen molar-refractivity contribution in [2.45, 2.75) is 20.3 Å². The van der Waals surface area contributed by atoms with Crippen LogP contribution in [0.3, 0.4) is 0 Å². The number of benzene rings is 2. The second kappa shape index (κ2) is 9.34. The van der Waals surface area contributed by atoms with E-state index >= 15 is 0 Å². The van der Waals surface area contributed by atoms with Gasteiger partial charge in [-0.3, -0.25) is 4.79 Å². The molecule has 0 atom stereocenters. The molecule has 7 heteroatoms. The summed E-state index contributed by atoms with van der Waals surface area (Å²) in [6, 6.07) is 14.8. The number of nitrogens with zero attached hydrogens (tertiary/aromatic N) is 3. The molecule has 5 nitrogen and oxygen atoms in total. The molecule has 0 aliphatic carbocycles. The lowest BCUT2D eigenvalue weighted by atomic mass is 10.1. The van der Waals surface area contributed by atoms with Gasteiger partial charge in [0.2, 0.25) is 11.7 Å². The molecule has 3 aromatic rings. The van der Waals surface area contributed by atoms with Crippen LogP contribution in [0.15, 0.2) is 57.5 Å². The second-order valence-electron chi connectivity index (χ2n) is 6.89. The van der Waals surface area contributed by atoms with E-state index in [-0.39, 0.29) is 5.91 Å². The van der Waals surface area contributed by atoms with E-state index in [9.17, 15) is 4.79 Å². The summed E-state index contributed by atoms with van der Waals surface area (Å²) in [5.41, 5.74) is 1.38. The van der Waals surface area contributed by atoms with Crippen LogP contribution in [0.2, 0.25) is 5.02 Å². The summed E-state index contributed by atoms with van der Waals surface area (Å²) in [7, 11) is 0. The molecule has 1 amide bonds. The highest BCUT2D eigenvalue weighted by Crippen LogP contribution is 2.20. The first-order valence-electron chi connectivity index (χ1n) is 9.06. The summed E-state index contributed by atoms with van der Waals surface area (Å²) in [5, 5.41) is 4.50. The molecule has 0 fully saturated rings. The van der Waals surface area contributed by atoms with Gasteiger partial charge in [-0.25, -0.2) is 0 Å². The number of carbonyl (C=O) groups excluding carboxylic acids is 1. The highest BCUT2D eigenvalue weighted by atomic mass is 79.9. The van der Waals surface area contributed by atoms with E-state index in [0.29, 0.717) is 47.7 Å². The minimum absolute atomic E-state index is 0.0908. The Morgan fingerprint density at radius 1 is 1.18 bits per heavy atom. The average Bonchev–Trinajstić information content (AvgIpc) is 3.14. The minimum Gasteiger partial charge on any atom is -0.339 e. The lowest BCUT2D eigenvalue weighted by Gasteiger charge is -2.24. The second-order valence-corrected chi connectivity index (χ2v) is 8.22. The van der Waals surface area contributed by atoms with Crippen molar-refractivity contribution >= 4 is 33.4 Å². The van der Waals surface area contributed by atoms with E-state index in [1.165, 1.54) is 0 Å². The van der Waals surface area contributed by atoms with Crippen LogP contribution < -0.4 is 0 Å². The van der Waals surface area contributed by atoms with Crippen LogP contribution >= 0.6 is 27.5 Å². The molecule has 0 bridgehead atoms. The Kier molecular flexibility index (Phi) is 6.86. The first-order chi connectivity index (χ1) is 13.4. The molecule has 2 aromatic carbocycles. The summed E-state index contributed by atoms with van der Waals surface area (Å²) in [6.45, 7) is 5.25. The third kappa shape index (κ3) is 5.20. The lowest BCUT2D eigenvalue weighted by molar-refractivity contribution is 0.0735. The van der Waals surface area contributed by atoms with Crippen LogP contribution in [0, 0.1) is 5.92 Å². The Bertz CT molecular complexity index is 941. The number of hydrogen-bond donors (Lipinski definition) is 0. The van der Waals surface area contributed by atoms with Gasteiger partial charge in [0.1, 0.15) is 0 Å². The molecule has 0 saturated heterocycles. The third-order valence-electron chi connectivity index (χ3n) is 4.14. The molecular formula is C21H21BrClN3O2. The number of carbonyl (C=O) groups is 1. The van der Waals surface area contributed by atoms with E-state index in [4.69, 9.17) is 16.1 Å². The maximum atomic E-state index is 13.0. The molecule has 0 saturated carbocycles. The predicted octanol–water partition coefficient (Wildman–Crippen LogP) is 5.49. The number of rotatable bonds is 7. The van der Waals surface area contributed by atoms with Gasteiger partial charge < -0.3 is 9.42 Å². The van der Waals surface area contributed by atoms with Crippen molar-refractivity contribution in [3.63, 3.8) is 0 Å². The number of aromatic nitrogens is 2. The molecule has 3 rings (SSSR count). The van der Waals surface area contributed by atoms with Gasteiger partial charge in [0.15, 0.2) is 0 Å². The summed E-state index contributed by atoms with van der Waals surface area (Å²) >= 11 is 9.62. The normalized spacial score (nSPS) is 11.0. The lowest BCUT2D eigenvalue weighted by Crippen LogP contribution is -2.36. The number of amides is 1. The summed E-state index contributed by atoms with van der Waals surface area (Å²) in [4.78, 5) is 19.2. The molecule has 1 heterocycles. The van der Waals surface area contributed by atoms with Crippen molar-refractivity contribution in [2.75, 3.05) is 13.1 Å². The fraction of sp³-hybridized carbons (Fsp3) is 0.286. The van der Waals surface area contributed by atoms with E-state index in [1.807, 2.05) is 36.4 Å².